The Labute approximate surface area is 181 Å². The maximum Gasteiger partial charge on any atom is 0.263 e. The highest BCUT2D eigenvalue weighted by atomic mass is 35.5. The zero-order valence-electron chi connectivity index (χ0n) is 16.9. The first-order valence-corrected chi connectivity index (χ1v) is 10.1. The van der Waals surface area contributed by atoms with Crippen LogP contribution < -0.4 is 19.5 Å². The van der Waals surface area contributed by atoms with Crippen molar-refractivity contribution in [2.75, 3.05) is 14.2 Å². The molecule has 0 spiro atoms. The van der Waals surface area contributed by atoms with E-state index in [0.29, 0.717) is 23.8 Å². The Bertz CT molecular complexity index is 881. The predicted octanol–water partition coefficient (Wildman–Crippen LogP) is 4.84. The molecule has 7 heteroatoms. The van der Waals surface area contributed by atoms with Gasteiger partial charge in [0.1, 0.15) is 10.1 Å². The van der Waals surface area contributed by atoms with Crippen LogP contribution in [0.4, 0.5) is 0 Å². The molecule has 3 rings (SSSR count). The molecule has 0 radical (unpaired) electrons. The molecule has 0 aromatic heterocycles. The van der Waals surface area contributed by atoms with E-state index in [1.165, 1.54) is 0 Å². The van der Waals surface area contributed by atoms with Gasteiger partial charge in [-0.3, -0.25) is 4.79 Å². The molecule has 1 aliphatic rings. The maximum atomic E-state index is 12.7. The van der Waals surface area contributed by atoms with Crippen molar-refractivity contribution in [1.29, 1.82) is 0 Å². The number of methoxy groups -OCH3 is 2. The molecule has 1 aliphatic carbocycles. The van der Waals surface area contributed by atoms with E-state index < -0.39 is 9.93 Å². The SMILES string of the molecule is COc1ccc(CNC(=O)C(C)(C)Oc2ccc([C@H]3CC3(Cl)Cl)cc2)cc1OC. The Morgan fingerprint density at radius 1 is 1.10 bits per heavy atom. The normalized spacial score (nSPS) is 17.4. The summed E-state index contributed by atoms with van der Waals surface area (Å²) in [5.74, 6) is 1.79. The van der Waals surface area contributed by atoms with Gasteiger partial charge in [0.05, 0.1) is 14.2 Å². The number of alkyl halides is 2. The summed E-state index contributed by atoms with van der Waals surface area (Å²) in [4.78, 5) is 12.7. The van der Waals surface area contributed by atoms with Crippen LogP contribution in [0.3, 0.4) is 0 Å². The highest BCUT2D eigenvalue weighted by molar-refractivity contribution is 6.51. The first-order valence-electron chi connectivity index (χ1n) is 9.32. The molecule has 1 amide bonds. The first kappa shape index (κ1) is 21.6. The van der Waals surface area contributed by atoms with Crippen LogP contribution >= 0.6 is 23.2 Å². The summed E-state index contributed by atoms with van der Waals surface area (Å²) in [6.45, 7) is 3.81. The number of rotatable bonds is 8. The molecule has 0 bridgehead atoms. The van der Waals surface area contributed by atoms with Gasteiger partial charge in [-0.05, 0) is 55.7 Å². The minimum absolute atomic E-state index is 0.151. The lowest BCUT2D eigenvalue weighted by molar-refractivity contribution is -0.134. The van der Waals surface area contributed by atoms with Gasteiger partial charge >= 0.3 is 0 Å². The third-order valence-electron chi connectivity index (χ3n) is 4.93. The number of carbonyl (C=O) groups excluding carboxylic acids is 1. The van der Waals surface area contributed by atoms with Crippen LogP contribution in [0.2, 0.25) is 0 Å². The van der Waals surface area contributed by atoms with Crippen molar-refractivity contribution in [3.05, 3.63) is 53.6 Å². The number of hydrogen-bond donors (Lipinski definition) is 1. The average molecular weight is 438 g/mol. The zero-order chi connectivity index (χ0) is 21.2. The number of nitrogens with one attached hydrogen (secondary N) is 1. The molecule has 156 valence electrons. The molecule has 2 aromatic rings. The fourth-order valence-electron chi connectivity index (χ4n) is 3.07. The Morgan fingerprint density at radius 3 is 2.28 bits per heavy atom. The number of carbonyl (C=O) groups is 1. The average Bonchev–Trinajstić information content (AvgIpc) is 3.34. The Kier molecular flexibility index (Phi) is 6.20. The molecule has 0 saturated heterocycles. The minimum atomic E-state index is -1.04. The van der Waals surface area contributed by atoms with Gasteiger partial charge in [0, 0.05) is 12.5 Å². The standard InChI is InChI=1S/C22H25Cl2NO4/c1-21(2,29-16-8-6-15(7-9-16)17-12-22(17,23)24)20(26)25-13-14-5-10-18(27-3)19(11-14)28-4/h5-11,17H,12-13H2,1-4H3,(H,25,26)/t17-/m1/s1. The molecule has 29 heavy (non-hydrogen) atoms. The van der Waals surface area contributed by atoms with E-state index in [0.717, 1.165) is 17.5 Å². The van der Waals surface area contributed by atoms with Gasteiger partial charge in [0.2, 0.25) is 0 Å². The van der Waals surface area contributed by atoms with Gasteiger partial charge in [0.15, 0.2) is 17.1 Å². The van der Waals surface area contributed by atoms with Crippen molar-refractivity contribution in [2.24, 2.45) is 0 Å². The number of ether oxygens (including phenoxy) is 3. The summed E-state index contributed by atoms with van der Waals surface area (Å²) < 4.78 is 15.8. The zero-order valence-corrected chi connectivity index (χ0v) is 18.4. The summed E-state index contributed by atoms with van der Waals surface area (Å²) in [6, 6.07) is 13.0. The number of amides is 1. The topological polar surface area (TPSA) is 56.8 Å². The van der Waals surface area contributed by atoms with E-state index >= 15 is 0 Å². The molecule has 0 heterocycles. The summed E-state index contributed by atoms with van der Waals surface area (Å²) in [5, 5.41) is 2.90. The monoisotopic (exact) mass is 437 g/mol. The van der Waals surface area contributed by atoms with E-state index in [2.05, 4.69) is 5.32 Å². The summed E-state index contributed by atoms with van der Waals surface area (Å²) in [5.41, 5.74) is 0.921. The van der Waals surface area contributed by atoms with Gasteiger partial charge in [-0.15, -0.1) is 23.2 Å². The quantitative estimate of drug-likeness (QED) is 0.600. The van der Waals surface area contributed by atoms with Crippen molar-refractivity contribution in [1.82, 2.24) is 5.32 Å². The lowest BCUT2D eigenvalue weighted by Gasteiger charge is -2.25. The lowest BCUT2D eigenvalue weighted by Crippen LogP contribution is -2.46. The second-order valence-electron chi connectivity index (χ2n) is 7.57. The van der Waals surface area contributed by atoms with E-state index in [1.807, 2.05) is 36.4 Å². The van der Waals surface area contributed by atoms with Crippen LogP contribution in [0.15, 0.2) is 42.5 Å². The van der Waals surface area contributed by atoms with Gasteiger partial charge in [-0.25, -0.2) is 0 Å². The van der Waals surface area contributed by atoms with Crippen LogP contribution in [0, 0.1) is 0 Å². The third kappa shape index (κ3) is 5.09. The second kappa shape index (κ2) is 8.33. The van der Waals surface area contributed by atoms with Crippen LogP contribution in [0.25, 0.3) is 0 Å². The van der Waals surface area contributed by atoms with Crippen LogP contribution in [0.5, 0.6) is 17.2 Å². The Balaban J connectivity index is 1.58. The molecule has 1 N–H and O–H groups in total. The fraction of sp³-hybridized carbons (Fsp3) is 0.409. The number of benzene rings is 2. The van der Waals surface area contributed by atoms with Gasteiger partial charge in [-0.1, -0.05) is 18.2 Å². The molecule has 1 saturated carbocycles. The highest BCUT2D eigenvalue weighted by Crippen LogP contribution is 2.59. The highest BCUT2D eigenvalue weighted by Gasteiger charge is 2.52. The first-order chi connectivity index (χ1) is 13.7. The Morgan fingerprint density at radius 2 is 1.72 bits per heavy atom. The second-order valence-corrected chi connectivity index (χ2v) is 9.11. The van der Waals surface area contributed by atoms with Gasteiger partial charge < -0.3 is 19.5 Å². The largest absolute Gasteiger partial charge is 0.493 e. The maximum absolute atomic E-state index is 12.7. The predicted molar refractivity (Wildman–Crippen MR) is 114 cm³/mol. The van der Waals surface area contributed by atoms with Crippen LogP contribution in [-0.2, 0) is 11.3 Å². The van der Waals surface area contributed by atoms with E-state index in [1.54, 1.807) is 34.1 Å². The third-order valence-corrected chi connectivity index (χ3v) is 5.76. The lowest BCUT2D eigenvalue weighted by atomic mass is 10.1. The smallest absolute Gasteiger partial charge is 0.263 e. The molecule has 2 aromatic carbocycles. The Hall–Kier alpha value is -2.11. The molecular formula is C22H25Cl2NO4. The number of hydrogen-bond acceptors (Lipinski definition) is 4. The summed E-state index contributed by atoms with van der Waals surface area (Å²) in [6.07, 6.45) is 0.750. The summed E-state index contributed by atoms with van der Waals surface area (Å²) in [7, 11) is 3.16. The van der Waals surface area contributed by atoms with Crippen molar-refractivity contribution < 1.29 is 19.0 Å². The molecule has 0 unspecified atom stereocenters. The van der Waals surface area contributed by atoms with Gasteiger partial charge in [-0.2, -0.15) is 0 Å². The minimum Gasteiger partial charge on any atom is -0.493 e. The van der Waals surface area contributed by atoms with Crippen molar-refractivity contribution in [2.45, 2.75) is 42.7 Å². The van der Waals surface area contributed by atoms with E-state index in [9.17, 15) is 4.79 Å². The fourth-order valence-corrected chi connectivity index (χ4v) is 3.63. The van der Waals surface area contributed by atoms with Crippen molar-refractivity contribution >= 4 is 29.1 Å². The van der Waals surface area contributed by atoms with Crippen LogP contribution in [-0.4, -0.2) is 30.1 Å². The molecule has 1 fully saturated rings. The van der Waals surface area contributed by atoms with E-state index in [-0.39, 0.29) is 11.8 Å². The van der Waals surface area contributed by atoms with Crippen molar-refractivity contribution in [3.63, 3.8) is 0 Å². The van der Waals surface area contributed by atoms with E-state index in [4.69, 9.17) is 37.4 Å². The molecule has 0 aliphatic heterocycles. The van der Waals surface area contributed by atoms with Crippen LogP contribution in [0.1, 0.15) is 37.3 Å². The molecule has 1 atom stereocenters. The number of halogens is 2. The van der Waals surface area contributed by atoms with Gasteiger partial charge in [0.25, 0.3) is 5.91 Å². The van der Waals surface area contributed by atoms with Crippen molar-refractivity contribution in [3.8, 4) is 17.2 Å². The molecule has 5 nitrogen and oxygen atoms in total. The summed E-state index contributed by atoms with van der Waals surface area (Å²) >= 11 is 12.2. The molecular weight excluding hydrogens is 413 g/mol.